The highest BCUT2D eigenvalue weighted by molar-refractivity contribution is 6.08. The van der Waals surface area contributed by atoms with Crippen LogP contribution in [-0.2, 0) is 14.3 Å². The molecule has 2 atom stereocenters. The van der Waals surface area contributed by atoms with Crippen molar-refractivity contribution in [1.29, 1.82) is 0 Å². The number of ether oxygens (including phenoxy) is 2. The van der Waals surface area contributed by atoms with Crippen molar-refractivity contribution >= 4 is 23.5 Å². The van der Waals surface area contributed by atoms with Gasteiger partial charge in [0.1, 0.15) is 11.8 Å². The van der Waals surface area contributed by atoms with Crippen LogP contribution in [0.15, 0.2) is 59.6 Å². The van der Waals surface area contributed by atoms with Gasteiger partial charge in [0.2, 0.25) is 11.9 Å². The lowest BCUT2D eigenvalue weighted by molar-refractivity contribution is -0.151. The average molecular weight is 422 g/mol. The van der Waals surface area contributed by atoms with E-state index in [9.17, 15) is 9.59 Å². The van der Waals surface area contributed by atoms with Crippen LogP contribution in [0, 0.1) is 5.92 Å². The minimum absolute atomic E-state index is 0.388. The van der Waals surface area contributed by atoms with Gasteiger partial charge in [-0.25, -0.2) is 4.99 Å². The molecule has 4 rings (SSSR count). The molecule has 2 heterocycles. The van der Waals surface area contributed by atoms with Crippen LogP contribution in [0.25, 0.3) is 0 Å². The highest BCUT2D eigenvalue weighted by Gasteiger charge is 2.41. The van der Waals surface area contributed by atoms with Crippen molar-refractivity contribution in [2.75, 3.05) is 45.3 Å². The number of nitrogens with one attached hydrogen (secondary N) is 1. The van der Waals surface area contributed by atoms with E-state index in [0.29, 0.717) is 19.0 Å². The summed E-state index contributed by atoms with van der Waals surface area (Å²) in [6.07, 6.45) is 0. The number of anilines is 1. The fourth-order valence-corrected chi connectivity index (χ4v) is 3.99. The Hall–Kier alpha value is -3.55. The molecule has 0 aromatic heterocycles. The van der Waals surface area contributed by atoms with E-state index < -0.39 is 17.9 Å². The van der Waals surface area contributed by atoms with Crippen LogP contribution in [0.2, 0.25) is 0 Å². The lowest BCUT2D eigenvalue weighted by atomic mass is 9.91. The third kappa shape index (κ3) is 4.33. The second-order valence-corrected chi connectivity index (χ2v) is 7.47. The van der Waals surface area contributed by atoms with Crippen molar-refractivity contribution in [1.82, 2.24) is 10.2 Å². The molecule has 2 aromatic carbocycles. The normalized spacial score (nSPS) is 21.2. The van der Waals surface area contributed by atoms with Crippen molar-refractivity contribution in [3.8, 4) is 5.75 Å². The molecule has 0 radical (unpaired) electrons. The Kier molecular flexibility index (Phi) is 6.06. The number of aliphatic imine (C=N–C) groups is 1. The highest BCUT2D eigenvalue weighted by Crippen LogP contribution is 2.31. The molecular weight excluding hydrogens is 396 g/mol. The molecule has 0 unspecified atom stereocenters. The summed E-state index contributed by atoms with van der Waals surface area (Å²) in [7, 11) is 2.94. The number of esters is 1. The van der Waals surface area contributed by atoms with Crippen molar-refractivity contribution in [2.24, 2.45) is 10.9 Å². The smallest absolute Gasteiger partial charge is 0.320 e. The second-order valence-electron chi connectivity index (χ2n) is 7.47. The standard InChI is InChI=1S/C23H26N4O4/c1-30-18-10-6-9-17(15-18)26-11-13-27(14-12-26)23-24-20(16-7-4-3-5-8-16)19(21(28)25-23)22(29)31-2/h3-10,15,19-20H,11-14H2,1-2H3,(H,24,25,28)/t19-,20-/m0/s1. The van der Waals surface area contributed by atoms with E-state index in [-0.39, 0.29) is 5.91 Å². The SMILES string of the molecule is COC(=O)[C@@H]1C(=O)NC(N2CCN(c3cccc(OC)c3)CC2)=N[C@H]1c1ccccc1. The zero-order valence-corrected chi connectivity index (χ0v) is 17.7. The lowest BCUT2D eigenvalue weighted by Crippen LogP contribution is -2.57. The van der Waals surface area contributed by atoms with Gasteiger partial charge in [-0.2, -0.15) is 0 Å². The lowest BCUT2D eigenvalue weighted by Gasteiger charge is -2.39. The van der Waals surface area contributed by atoms with Gasteiger partial charge >= 0.3 is 5.97 Å². The van der Waals surface area contributed by atoms with Crippen LogP contribution in [-0.4, -0.2) is 63.1 Å². The molecule has 1 amide bonds. The van der Waals surface area contributed by atoms with Crippen molar-refractivity contribution in [3.63, 3.8) is 0 Å². The van der Waals surface area contributed by atoms with Gasteiger partial charge in [0.25, 0.3) is 0 Å². The van der Waals surface area contributed by atoms with Gasteiger partial charge in [-0.15, -0.1) is 0 Å². The Labute approximate surface area is 181 Å². The number of amides is 1. The number of carbonyl (C=O) groups is 2. The molecule has 0 saturated carbocycles. The number of rotatable bonds is 4. The molecule has 1 saturated heterocycles. The second kappa shape index (κ2) is 9.07. The Bertz CT molecular complexity index is 971. The largest absolute Gasteiger partial charge is 0.497 e. The maximum Gasteiger partial charge on any atom is 0.320 e. The van der Waals surface area contributed by atoms with Crippen molar-refractivity contribution < 1.29 is 19.1 Å². The summed E-state index contributed by atoms with van der Waals surface area (Å²) in [5.41, 5.74) is 1.90. The molecule has 2 aromatic rings. The number of hydrogen-bond acceptors (Lipinski definition) is 7. The van der Waals surface area contributed by atoms with Gasteiger partial charge in [0.15, 0.2) is 5.92 Å². The topological polar surface area (TPSA) is 83.5 Å². The van der Waals surface area contributed by atoms with Crippen molar-refractivity contribution in [3.05, 3.63) is 60.2 Å². The molecule has 2 aliphatic rings. The Balaban J connectivity index is 1.53. The number of benzene rings is 2. The van der Waals surface area contributed by atoms with Gasteiger partial charge in [-0.1, -0.05) is 36.4 Å². The fourth-order valence-electron chi connectivity index (χ4n) is 3.99. The van der Waals surface area contributed by atoms with E-state index in [1.54, 1.807) is 7.11 Å². The summed E-state index contributed by atoms with van der Waals surface area (Å²) in [6.45, 7) is 2.94. The van der Waals surface area contributed by atoms with Crippen LogP contribution in [0.4, 0.5) is 5.69 Å². The number of carbonyl (C=O) groups excluding carboxylic acids is 2. The zero-order valence-electron chi connectivity index (χ0n) is 17.7. The molecule has 8 nitrogen and oxygen atoms in total. The fraction of sp³-hybridized carbons (Fsp3) is 0.348. The summed E-state index contributed by atoms with van der Waals surface area (Å²) in [6, 6.07) is 16.7. The average Bonchev–Trinajstić information content (AvgIpc) is 2.83. The third-order valence-electron chi connectivity index (χ3n) is 5.69. The van der Waals surface area contributed by atoms with Gasteiger partial charge in [0.05, 0.1) is 14.2 Å². The quantitative estimate of drug-likeness (QED) is 0.598. The first-order valence-corrected chi connectivity index (χ1v) is 10.3. The van der Waals surface area contributed by atoms with Crippen LogP contribution in [0.3, 0.4) is 0 Å². The molecule has 0 bridgehead atoms. The molecule has 0 aliphatic carbocycles. The number of nitrogens with zero attached hydrogens (tertiary/aromatic N) is 3. The summed E-state index contributed by atoms with van der Waals surface area (Å²) in [5.74, 6) is -0.653. The summed E-state index contributed by atoms with van der Waals surface area (Å²) >= 11 is 0. The minimum Gasteiger partial charge on any atom is -0.497 e. The predicted octanol–water partition coefficient (Wildman–Crippen LogP) is 1.83. The predicted molar refractivity (Wildman–Crippen MR) is 117 cm³/mol. The first kappa shape index (κ1) is 20.7. The molecule has 0 spiro atoms. The third-order valence-corrected chi connectivity index (χ3v) is 5.69. The maximum absolute atomic E-state index is 12.8. The Morgan fingerprint density at radius 1 is 1.00 bits per heavy atom. The Morgan fingerprint density at radius 2 is 1.71 bits per heavy atom. The van der Waals surface area contributed by atoms with E-state index >= 15 is 0 Å². The van der Waals surface area contributed by atoms with Gasteiger partial charge in [-0.05, 0) is 17.7 Å². The monoisotopic (exact) mass is 422 g/mol. The summed E-state index contributed by atoms with van der Waals surface area (Å²) in [4.78, 5) is 34.3. The molecule has 8 heteroatoms. The first-order chi connectivity index (χ1) is 15.1. The van der Waals surface area contributed by atoms with Crippen LogP contribution in [0.1, 0.15) is 11.6 Å². The number of methoxy groups -OCH3 is 2. The van der Waals surface area contributed by atoms with Gasteiger partial charge < -0.3 is 19.3 Å². The minimum atomic E-state index is -1.01. The maximum atomic E-state index is 12.8. The molecular formula is C23H26N4O4. The molecule has 1 fully saturated rings. The number of guanidine groups is 1. The number of piperazine rings is 1. The molecule has 31 heavy (non-hydrogen) atoms. The highest BCUT2D eigenvalue weighted by atomic mass is 16.5. The molecule has 162 valence electrons. The van der Waals surface area contributed by atoms with Crippen molar-refractivity contribution in [2.45, 2.75) is 6.04 Å². The Morgan fingerprint density at radius 3 is 2.39 bits per heavy atom. The van der Waals surface area contributed by atoms with E-state index in [4.69, 9.17) is 14.5 Å². The van der Waals surface area contributed by atoms with Crippen LogP contribution >= 0.6 is 0 Å². The number of hydrogen-bond donors (Lipinski definition) is 1. The summed E-state index contributed by atoms with van der Waals surface area (Å²) in [5, 5.41) is 2.82. The van der Waals surface area contributed by atoms with Crippen LogP contribution < -0.4 is 15.0 Å². The van der Waals surface area contributed by atoms with Crippen LogP contribution in [0.5, 0.6) is 5.75 Å². The summed E-state index contributed by atoms with van der Waals surface area (Å²) < 4.78 is 10.2. The molecule has 1 N–H and O–H groups in total. The zero-order chi connectivity index (χ0) is 21.8. The van der Waals surface area contributed by atoms with Gasteiger partial charge in [-0.3, -0.25) is 14.9 Å². The van der Waals surface area contributed by atoms with Gasteiger partial charge in [0, 0.05) is 37.9 Å². The van der Waals surface area contributed by atoms with E-state index in [0.717, 1.165) is 30.1 Å². The molecule has 2 aliphatic heterocycles. The van der Waals surface area contributed by atoms with E-state index in [2.05, 4.69) is 21.2 Å². The van der Waals surface area contributed by atoms with E-state index in [1.165, 1.54) is 7.11 Å². The first-order valence-electron chi connectivity index (χ1n) is 10.3. The van der Waals surface area contributed by atoms with E-state index in [1.807, 2.05) is 48.5 Å².